The van der Waals surface area contributed by atoms with Gasteiger partial charge in [-0.3, -0.25) is 0 Å². The van der Waals surface area contributed by atoms with E-state index in [1.165, 1.54) is 17.5 Å². The SMILES string of the molecule is CN(CCC(N)=NO)CC1Cc2ccccc21. The van der Waals surface area contributed by atoms with E-state index in [2.05, 4.69) is 41.4 Å². The number of hydrogen-bond donors (Lipinski definition) is 2. The third-order valence-electron chi connectivity index (χ3n) is 3.37. The van der Waals surface area contributed by atoms with Crippen molar-refractivity contribution in [2.75, 3.05) is 20.1 Å². The van der Waals surface area contributed by atoms with Gasteiger partial charge in [0.15, 0.2) is 0 Å². The zero-order valence-electron chi connectivity index (χ0n) is 10.1. The molecule has 0 aliphatic heterocycles. The molecule has 1 aliphatic rings. The Morgan fingerprint density at radius 1 is 1.53 bits per heavy atom. The van der Waals surface area contributed by atoms with Gasteiger partial charge in [-0.05, 0) is 24.6 Å². The molecule has 0 saturated heterocycles. The Bertz CT molecular complexity index is 417. The maximum atomic E-state index is 8.46. The Morgan fingerprint density at radius 2 is 2.29 bits per heavy atom. The van der Waals surface area contributed by atoms with E-state index in [4.69, 9.17) is 10.9 Å². The highest BCUT2D eigenvalue weighted by Crippen LogP contribution is 2.34. The summed E-state index contributed by atoms with van der Waals surface area (Å²) in [7, 11) is 2.07. The van der Waals surface area contributed by atoms with E-state index in [-0.39, 0.29) is 0 Å². The highest BCUT2D eigenvalue weighted by molar-refractivity contribution is 5.79. The minimum atomic E-state index is 0.297. The summed E-state index contributed by atoms with van der Waals surface area (Å²) >= 11 is 0. The minimum Gasteiger partial charge on any atom is -0.409 e. The average Bonchev–Trinajstić information content (AvgIpc) is 2.33. The van der Waals surface area contributed by atoms with E-state index in [9.17, 15) is 0 Å². The molecule has 4 nitrogen and oxygen atoms in total. The molecular weight excluding hydrogens is 214 g/mol. The van der Waals surface area contributed by atoms with E-state index < -0.39 is 0 Å². The summed E-state index contributed by atoms with van der Waals surface area (Å²) in [6, 6.07) is 8.60. The third kappa shape index (κ3) is 2.77. The first-order chi connectivity index (χ1) is 8.20. The Labute approximate surface area is 102 Å². The predicted molar refractivity (Wildman–Crippen MR) is 68.4 cm³/mol. The monoisotopic (exact) mass is 233 g/mol. The predicted octanol–water partition coefficient (Wildman–Crippen LogP) is 1.39. The summed E-state index contributed by atoms with van der Waals surface area (Å²) in [5.74, 6) is 0.939. The van der Waals surface area contributed by atoms with Gasteiger partial charge >= 0.3 is 0 Å². The second kappa shape index (κ2) is 5.19. The Morgan fingerprint density at radius 3 is 3.00 bits per heavy atom. The van der Waals surface area contributed by atoms with Crippen LogP contribution in [0.2, 0.25) is 0 Å². The number of nitrogens with two attached hydrogens (primary N) is 1. The lowest BCUT2D eigenvalue weighted by atomic mass is 9.77. The highest BCUT2D eigenvalue weighted by Gasteiger charge is 2.26. The Balaban J connectivity index is 1.80. The van der Waals surface area contributed by atoms with Crippen molar-refractivity contribution in [1.82, 2.24) is 4.90 Å². The molecule has 1 aromatic rings. The van der Waals surface area contributed by atoms with Gasteiger partial charge in [-0.15, -0.1) is 0 Å². The van der Waals surface area contributed by atoms with Gasteiger partial charge < -0.3 is 15.8 Å². The van der Waals surface area contributed by atoms with Gasteiger partial charge in [0.05, 0.1) is 0 Å². The quantitative estimate of drug-likeness (QED) is 0.350. The molecule has 0 amide bonds. The van der Waals surface area contributed by atoms with Crippen molar-refractivity contribution < 1.29 is 5.21 Å². The smallest absolute Gasteiger partial charge is 0.140 e. The van der Waals surface area contributed by atoms with Gasteiger partial charge in [0.1, 0.15) is 5.84 Å². The van der Waals surface area contributed by atoms with Crippen LogP contribution in [-0.4, -0.2) is 36.1 Å². The minimum absolute atomic E-state index is 0.297. The van der Waals surface area contributed by atoms with Crippen LogP contribution in [0.4, 0.5) is 0 Å². The van der Waals surface area contributed by atoms with E-state index in [0.717, 1.165) is 13.1 Å². The van der Waals surface area contributed by atoms with Crippen LogP contribution in [0.1, 0.15) is 23.5 Å². The van der Waals surface area contributed by atoms with Crippen LogP contribution in [0.5, 0.6) is 0 Å². The molecule has 0 radical (unpaired) electrons. The van der Waals surface area contributed by atoms with Crippen LogP contribution in [0.15, 0.2) is 29.4 Å². The lowest BCUT2D eigenvalue weighted by Crippen LogP contribution is -2.33. The van der Waals surface area contributed by atoms with Crippen molar-refractivity contribution in [2.24, 2.45) is 10.9 Å². The maximum absolute atomic E-state index is 8.46. The van der Waals surface area contributed by atoms with Gasteiger partial charge in [-0.1, -0.05) is 29.4 Å². The van der Waals surface area contributed by atoms with Crippen molar-refractivity contribution >= 4 is 5.84 Å². The molecule has 1 aliphatic carbocycles. The van der Waals surface area contributed by atoms with Crippen LogP contribution in [0.25, 0.3) is 0 Å². The van der Waals surface area contributed by atoms with E-state index in [0.29, 0.717) is 18.2 Å². The number of rotatable bonds is 5. The van der Waals surface area contributed by atoms with Crippen LogP contribution in [0.3, 0.4) is 0 Å². The molecule has 4 heteroatoms. The van der Waals surface area contributed by atoms with Gasteiger partial charge in [0.2, 0.25) is 0 Å². The van der Waals surface area contributed by atoms with Crippen LogP contribution < -0.4 is 5.73 Å². The molecule has 0 aromatic heterocycles. The van der Waals surface area contributed by atoms with Gasteiger partial charge in [-0.25, -0.2) is 0 Å². The lowest BCUT2D eigenvalue weighted by Gasteiger charge is -2.33. The molecule has 0 heterocycles. The first-order valence-corrected chi connectivity index (χ1v) is 5.93. The van der Waals surface area contributed by atoms with Crippen molar-refractivity contribution in [3.63, 3.8) is 0 Å². The molecule has 92 valence electrons. The van der Waals surface area contributed by atoms with Gasteiger partial charge in [0.25, 0.3) is 0 Å². The van der Waals surface area contributed by atoms with Crippen molar-refractivity contribution in [3.8, 4) is 0 Å². The van der Waals surface area contributed by atoms with E-state index >= 15 is 0 Å². The van der Waals surface area contributed by atoms with Crippen LogP contribution in [0, 0.1) is 0 Å². The first-order valence-electron chi connectivity index (χ1n) is 5.93. The largest absolute Gasteiger partial charge is 0.409 e. The summed E-state index contributed by atoms with van der Waals surface area (Å²) in [6.07, 6.45) is 1.78. The number of nitrogens with zero attached hydrogens (tertiary/aromatic N) is 2. The van der Waals surface area contributed by atoms with Crippen molar-refractivity contribution in [1.29, 1.82) is 0 Å². The summed E-state index contributed by atoms with van der Waals surface area (Å²) in [4.78, 5) is 2.23. The molecule has 0 saturated carbocycles. The fourth-order valence-electron chi connectivity index (χ4n) is 2.35. The first kappa shape index (κ1) is 11.9. The van der Waals surface area contributed by atoms with E-state index in [1.807, 2.05) is 0 Å². The second-order valence-electron chi connectivity index (χ2n) is 4.70. The number of benzene rings is 1. The Kier molecular flexibility index (Phi) is 3.64. The maximum Gasteiger partial charge on any atom is 0.140 e. The molecule has 0 fully saturated rings. The number of fused-ring (bicyclic) bond motifs is 1. The zero-order chi connectivity index (χ0) is 12.3. The summed E-state index contributed by atoms with van der Waals surface area (Å²) < 4.78 is 0. The standard InChI is InChI=1S/C13H19N3O/c1-16(7-6-13(14)15-17)9-11-8-10-4-2-3-5-12(10)11/h2-5,11,17H,6-9H2,1H3,(H2,14,15). The van der Waals surface area contributed by atoms with Crippen LogP contribution in [-0.2, 0) is 6.42 Å². The molecule has 17 heavy (non-hydrogen) atoms. The average molecular weight is 233 g/mol. The lowest BCUT2D eigenvalue weighted by molar-refractivity contribution is 0.298. The molecule has 1 atom stereocenters. The summed E-state index contributed by atoms with van der Waals surface area (Å²) in [5.41, 5.74) is 8.40. The molecule has 1 unspecified atom stereocenters. The summed E-state index contributed by atoms with van der Waals surface area (Å²) in [6.45, 7) is 1.87. The molecular formula is C13H19N3O. The molecule has 1 aromatic carbocycles. The molecule has 2 rings (SSSR count). The third-order valence-corrected chi connectivity index (χ3v) is 3.37. The zero-order valence-corrected chi connectivity index (χ0v) is 10.1. The molecule has 3 N–H and O–H groups in total. The van der Waals surface area contributed by atoms with Gasteiger partial charge in [0, 0.05) is 25.4 Å². The Hall–Kier alpha value is -1.55. The highest BCUT2D eigenvalue weighted by atomic mass is 16.4. The van der Waals surface area contributed by atoms with E-state index in [1.54, 1.807) is 0 Å². The van der Waals surface area contributed by atoms with Crippen LogP contribution >= 0.6 is 0 Å². The molecule has 0 spiro atoms. The number of hydrogen-bond acceptors (Lipinski definition) is 3. The number of amidine groups is 1. The normalized spacial score (nSPS) is 18.9. The summed E-state index contributed by atoms with van der Waals surface area (Å²) in [5, 5.41) is 11.4. The number of oxime groups is 1. The van der Waals surface area contributed by atoms with Gasteiger partial charge in [-0.2, -0.15) is 0 Å². The number of likely N-dealkylation sites (N-methyl/N-ethyl adjacent to an activating group) is 1. The van der Waals surface area contributed by atoms with Crippen molar-refractivity contribution in [2.45, 2.75) is 18.8 Å². The topological polar surface area (TPSA) is 61.8 Å². The fourth-order valence-corrected chi connectivity index (χ4v) is 2.35. The molecule has 0 bridgehead atoms. The van der Waals surface area contributed by atoms with Crippen molar-refractivity contribution in [3.05, 3.63) is 35.4 Å². The second-order valence-corrected chi connectivity index (χ2v) is 4.70. The fraction of sp³-hybridized carbons (Fsp3) is 0.462.